The maximum absolute atomic E-state index is 7.73. The van der Waals surface area contributed by atoms with Gasteiger partial charge in [0.25, 0.3) is 0 Å². The molecule has 1 unspecified atom stereocenters. The van der Waals surface area contributed by atoms with Gasteiger partial charge in [-0.3, -0.25) is 23.8 Å². The van der Waals surface area contributed by atoms with Gasteiger partial charge in [-0.25, -0.2) is 39.9 Å². The van der Waals surface area contributed by atoms with Gasteiger partial charge in [0, 0.05) is 50.4 Å². The van der Waals surface area contributed by atoms with Crippen LogP contribution in [-0.2, 0) is 8.85 Å². The van der Waals surface area contributed by atoms with E-state index in [0.29, 0.717) is 118 Å². The van der Waals surface area contributed by atoms with Crippen LogP contribution in [0.1, 0.15) is 81.8 Å². The van der Waals surface area contributed by atoms with Crippen molar-refractivity contribution < 1.29 is 8.85 Å². The van der Waals surface area contributed by atoms with E-state index in [-0.39, 0.29) is 0 Å². The van der Waals surface area contributed by atoms with E-state index < -0.39 is 15.0 Å². The van der Waals surface area contributed by atoms with E-state index in [4.69, 9.17) is 63.7 Å². The topological polar surface area (TPSA) is 201 Å². The monoisotopic (exact) mass is 780 g/mol. The summed E-state index contributed by atoms with van der Waals surface area (Å²) in [6.45, 7) is 1.99. The third-order valence-corrected chi connectivity index (χ3v) is 15.3. The first-order chi connectivity index (χ1) is 28.2. The summed E-state index contributed by atoms with van der Waals surface area (Å²) in [7, 11) is -4.19. The predicted molar refractivity (Wildman–Crippen MR) is 216 cm³/mol. The highest BCUT2D eigenvalue weighted by Gasteiger charge is 2.62. The molecule has 9 aliphatic rings. The Labute approximate surface area is 328 Å². The van der Waals surface area contributed by atoms with Crippen LogP contribution >= 0.6 is 0 Å². The van der Waals surface area contributed by atoms with Gasteiger partial charge in [0.05, 0.1) is 13.1 Å². The molecule has 288 valence electrons. The first-order valence-electron chi connectivity index (χ1n) is 20.2. The fraction of sp³-hybridized carbons (Fsp3) is 0.447. The number of fused-ring (bicyclic) bond motifs is 12. The molecule has 18 nitrogen and oxygen atoms in total. The summed E-state index contributed by atoms with van der Waals surface area (Å²) in [5, 5.41) is 10.8. The Kier molecular flexibility index (Phi) is 7.69. The number of aliphatic imine (C=N–C) groups is 7. The normalized spacial score (nSPS) is 27.1. The van der Waals surface area contributed by atoms with Crippen LogP contribution in [0.2, 0.25) is 0 Å². The maximum atomic E-state index is 7.73. The zero-order chi connectivity index (χ0) is 37.5. The molecule has 0 aromatic carbocycles. The average molecular weight is 781 g/mol. The summed E-state index contributed by atoms with van der Waals surface area (Å²) >= 11 is 0. The van der Waals surface area contributed by atoms with E-state index in [0.717, 1.165) is 31.4 Å². The second kappa shape index (κ2) is 13.1. The molecule has 19 heteroatoms. The van der Waals surface area contributed by atoms with E-state index >= 15 is 0 Å². The highest BCUT2D eigenvalue weighted by atomic mass is 28.4. The van der Waals surface area contributed by atoms with Crippen molar-refractivity contribution in [3.8, 4) is 0 Å². The van der Waals surface area contributed by atoms with Gasteiger partial charge in [-0.2, -0.15) is 0 Å². The predicted octanol–water partition coefficient (Wildman–Crippen LogP) is 3.73. The van der Waals surface area contributed by atoms with Crippen molar-refractivity contribution in [2.45, 2.75) is 70.4 Å². The van der Waals surface area contributed by atoms with E-state index in [1.54, 1.807) is 24.8 Å². The van der Waals surface area contributed by atoms with Gasteiger partial charge < -0.3 is 24.8 Å². The Bertz CT molecular complexity index is 2490. The minimum atomic E-state index is -4.19. The summed E-state index contributed by atoms with van der Waals surface area (Å²) in [6.07, 6.45) is 21.2. The number of amidine groups is 5. The molecule has 12 rings (SSSR count). The number of hydrogen-bond donors (Lipinski definition) is 3. The van der Waals surface area contributed by atoms with Crippen molar-refractivity contribution in [1.82, 2.24) is 44.7 Å². The van der Waals surface area contributed by atoms with E-state index in [9.17, 15) is 0 Å². The Morgan fingerprint density at radius 1 is 0.632 bits per heavy atom. The summed E-state index contributed by atoms with van der Waals surface area (Å²) in [4.78, 5) is 55.9. The highest BCUT2D eigenvalue weighted by molar-refractivity contribution is 6.68. The van der Waals surface area contributed by atoms with Gasteiger partial charge >= 0.3 is 8.88 Å². The quantitative estimate of drug-likeness (QED) is 0.310. The van der Waals surface area contributed by atoms with Crippen molar-refractivity contribution in [2.24, 2.45) is 46.8 Å². The Balaban J connectivity index is 1.21. The molecule has 2 saturated carbocycles. The lowest BCUT2D eigenvalue weighted by Gasteiger charge is -2.44. The molecule has 0 saturated heterocycles. The molecule has 7 aliphatic heterocycles. The molecule has 1 atom stereocenters. The third kappa shape index (κ3) is 5.17. The smallest absolute Gasteiger partial charge is 0.375 e. The van der Waals surface area contributed by atoms with E-state index in [2.05, 4.69) is 24.7 Å². The summed E-state index contributed by atoms with van der Waals surface area (Å²) in [5.41, 5.74) is 4.93. The molecule has 3 aromatic rings. The Morgan fingerprint density at radius 2 is 1.23 bits per heavy atom. The minimum Gasteiger partial charge on any atom is -0.375 e. The second-order valence-corrected chi connectivity index (χ2v) is 18.3. The molecule has 57 heavy (non-hydrogen) atoms. The van der Waals surface area contributed by atoms with Crippen LogP contribution in [0.5, 0.6) is 0 Å². The van der Waals surface area contributed by atoms with Crippen LogP contribution < -0.4 is 16.0 Å². The van der Waals surface area contributed by atoms with Crippen LogP contribution in [0, 0.1) is 11.8 Å². The molecule has 0 spiro atoms. The van der Waals surface area contributed by atoms with Crippen molar-refractivity contribution in [2.75, 3.05) is 26.3 Å². The van der Waals surface area contributed by atoms with Gasteiger partial charge in [-0.05, 0) is 37.5 Å². The zero-order valence-corrected chi connectivity index (χ0v) is 32.2. The Morgan fingerprint density at radius 3 is 1.93 bits per heavy atom. The molecule has 0 radical (unpaired) electrons. The van der Waals surface area contributed by atoms with Gasteiger partial charge in [0.15, 0.2) is 40.8 Å². The highest BCUT2D eigenvalue weighted by Crippen LogP contribution is 2.47. The fourth-order valence-corrected chi connectivity index (χ4v) is 13.0. The first kappa shape index (κ1) is 33.4. The van der Waals surface area contributed by atoms with Crippen molar-refractivity contribution in [3.63, 3.8) is 0 Å². The summed E-state index contributed by atoms with van der Waals surface area (Å²) < 4.78 is 19.7. The Hall–Kier alpha value is -5.79. The summed E-state index contributed by atoms with van der Waals surface area (Å²) in [6, 6.07) is 0. The minimum absolute atomic E-state index is 0.338. The third-order valence-electron chi connectivity index (χ3n) is 12.2. The van der Waals surface area contributed by atoms with Crippen LogP contribution in [0.3, 0.4) is 0 Å². The SMILES string of the molecule is C1=NC2=C(NC1)/C1=N/c3c4nccnc4c4n3[Si](OCC3CCCCC3)(OCC3CCCCC3)N3/C(=N\C2=N1)c1nccnc1C3NC1=N/C(=N\4)C2=C1NCC=N2. The molecule has 2 fully saturated rings. The number of aromatic nitrogens is 5. The van der Waals surface area contributed by atoms with Crippen LogP contribution in [-0.4, -0.2) is 106 Å². The molecule has 2 aliphatic carbocycles. The van der Waals surface area contributed by atoms with Gasteiger partial charge in [-0.1, -0.05) is 38.5 Å². The van der Waals surface area contributed by atoms with Gasteiger partial charge in [-0.15, -0.1) is 0 Å². The number of nitrogens with one attached hydrogen (secondary N) is 3. The lowest BCUT2D eigenvalue weighted by molar-refractivity contribution is 0.0677. The average Bonchev–Trinajstić information content (AvgIpc) is 3.98. The zero-order valence-electron chi connectivity index (χ0n) is 31.2. The van der Waals surface area contributed by atoms with E-state index in [1.807, 2.05) is 12.4 Å². The molecular weight excluding hydrogens is 741 g/mol. The fourth-order valence-electron chi connectivity index (χ4n) is 9.43. The summed E-state index contributed by atoms with van der Waals surface area (Å²) in [5.74, 6) is 3.94. The first-order valence-corrected chi connectivity index (χ1v) is 21.9. The lowest BCUT2D eigenvalue weighted by Crippen LogP contribution is -2.68. The maximum Gasteiger partial charge on any atom is 0.599 e. The van der Waals surface area contributed by atoms with Gasteiger partial charge in [0.2, 0.25) is 0 Å². The molecule has 3 aromatic heterocycles. The largest absolute Gasteiger partial charge is 0.599 e. The van der Waals surface area contributed by atoms with Crippen molar-refractivity contribution in [1.29, 1.82) is 0 Å². The molecule has 10 heterocycles. The molecule has 0 amide bonds. The number of hydrogen-bond acceptors (Lipinski definition) is 17. The van der Waals surface area contributed by atoms with Crippen LogP contribution in [0.4, 0.5) is 11.6 Å². The van der Waals surface area contributed by atoms with Gasteiger partial charge in [0.1, 0.15) is 51.4 Å². The molecule has 3 N–H and O–H groups in total. The second-order valence-electron chi connectivity index (χ2n) is 15.7. The molecular formula is C38H40N16O2Si. The number of nitrogens with zero attached hydrogens (tertiary/aromatic N) is 13. The standard InChI is InChI=1S/C38H40N16O2Si/c1-3-7-21(8-4-1)19-55-57(56-20-22-9-5-2-6-10-22)53-35-27-28(44-16-15-43-27)37(53)51-33-25-26(42-14-13-41-25)34(48-33)52-38-30-29(45-17-18-46-30)36(54(38)57)50-32-24-23(31(47-32)49-35)39-11-12-40-24/h11,14-18,21-22,36,40-41H,1-10,12-13,19-20H2,(H,47,49,50)/b51-33-,52-38-. The van der Waals surface area contributed by atoms with Crippen LogP contribution in [0.25, 0.3) is 11.0 Å². The number of rotatable bonds is 6. The van der Waals surface area contributed by atoms with E-state index in [1.165, 1.54) is 38.5 Å². The van der Waals surface area contributed by atoms with Crippen LogP contribution in [0.15, 0.2) is 82.5 Å². The van der Waals surface area contributed by atoms with Crippen molar-refractivity contribution >= 4 is 73.2 Å². The molecule has 6 bridgehead atoms. The lowest BCUT2D eigenvalue weighted by atomic mass is 9.90. The van der Waals surface area contributed by atoms with Crippen molar-refractivity contribution in [3.05, 3.63) is 59.0 Å².